The van der Waals surface area contributed by atoms with E-state index in [1.54, 1.807) is 0 Å². The van der Waals surface area contributed by atoms with Crippen LogP contribution < -0.4 is 9.80 Å². The van der Waals surface area contributed by atoms with Gasteiger partial charge in [0, 0.05) is 36.8 Å². The van der Waals surface area contributed by atoms with Gasteiger partial charge in [0.25, 0.3) is 0 Å². The van der Waals surface area contributed by atoms with E-state index < -0.39 is 0 Å². The molecule has 0 atom stereocenters. The average molecular weight is 447 g/mol. The van der Waals surface area contributed by atoms with E-state index in [1.807, 2.05) is 32.0 Å². The Balaban J connectivity index is 0.000000183. The molecule has 5 aromatic carbocycles. The number of anilines is 4. The highest BCUT2D eigenvalue weighted by molar-refractivity contribution is 5.86. The van der Waals surface area contributed by atoms with Gasteiger partial charge in [-0.25, -0.2) is 0 Å². The summed E-state index contributed by atoms with van der Waals surface area (Å²) in [6.45, 7) is 4.00. The first kappa shape index (κ1) is 24.6. The molecule has 0 aliphatic heterocycles. The second kappa shape index (κ2) is 12.9. The van der Waals surface area contributed by atoms with Crippen molar-refractivity contribution in [2.45, 2.75) is 13.8 Å². The topological polar surface area (TPSA) is 6.48 Å². The van der Waals surface area contributed by atoms with Crippen LogP contribution in [0.1, 0.15) is 13.8 Å². The van der Waals surface area contributed by atoms with E-state index in [9.17, 15) is 0 Å². The SMILES string of the molecule is CC.CN(c1ccccc1)c1ccc2ccccc2c1.CN(c1ccccc1)c1ccccc1. The van der Waals surface area contributed by atoms with Crippen molar-refractivity contribution in [1.82, 2.24) is 0 Å². The maximum atomic E-state index is 2.22. The van der Waals surface area contributed by atoms with E-state index in [1.165, 1.54) is 33.5 Å². The van der Waals surface area contributed by atoms with Crippen LogP contribution in [-0.2, 0) is 0 Å². The summed E-state index contributed by atoms with van der Waals surface area (Å²) >= 11 is 0. The fourth-order valence-electron chi connectivity index (χ4n) is 3.64. The zero-order chi connectivity index (χ0) is 24.2. The molecule has 5 rings (SSSR count). The van der Waals surface area contributed by atoms with Crippen LogP contribution in [0.15, 0.2) is 133 Å². The van der Waals surface area contributed by atoms with E-state index in [2.05, 4.69) is 139 Å². The zero-order valence-corrected chi connectivity index (χ0v) is 20.6. The third kappa shape index (κ3) is 6.49. The van der Waals surface area contributed by atoms with Gasteiger partial charge in [-0.15, -0.1) is 0 Å². The van der Waals surface area contributed by atoms with E-state index in [4.69, 9.17) is 0 Å². The first-order valence-electron chi connectivity index (χ1n) is 11.8. The number of rotatable bonds is 4. The Morgan fingerprint density at radius 1 is 0.353 bits per heavy atom. The van der Waals surface area contributed by atoms with Crippen molar-refractivity contribution in [2.75, 3.05) is 23.9 Å². The van der Waals surface area contributed by atoms with Crippen molar-refractivity contribution in [1.29, 1.82) is 0 Å². The highest BCUT2D eigenvalue weighted by atomic mass is 15.1. The zero-order valence-electron chi connectivity index (χ0n) is 20.6. The van der Waals surface area contributed by atoms with Gasteiger partial charge in [0.1, 0.15) is 0 Å². The minimum Gasteiger partial charge on any atom is -0.345 e. The lowest BCUT2D eigenvalue weighted by molar-refractivity contribution is 1.21. The Morgan fingerprint density at radius 2 is 0.706 bits per heavy atom. The minimum atomic E-state index is 1.20. The molecule has 172 valence electrons. The molecule has 0 aliphatic rings. The van der Waals surface area contributed by atoms with Gasteiger partial charge < -0.3 is 9.80 Å². The van der Waals surface area contributed by atoms with Crippen molar-refractivity contribution in [3.63, 3.8) is 0 Å². The lowest BCUT2D eigenvalue weighted by Crippen LogP contribution is -2.08. The summed E-state index contributed by atoms with van der Waals surface area (Å²) < 4.78 is 0. The Hall–Kier alpha value is -4.04. The highest BCUT2D eigenvalue weighted by Crippen LogP contribution is 2.26. The third-order valence-electron chi connectivity index (χ3n) is 5.55. The molecule has 2 nitrogen and oxygen atoms in total. The van der Waals surface area contributed by atoms with Crippen molar-refractivity contribution in [2.24, 2.45) is 0 Å². The highest BCUT2D eigenvalue weighted by Gasteiger charge is 2.04. The maximum absolute atomic E-state index is 2.22. The van der Waals surface area contributed by atoms with Crippen LogP contribution in [-0.4, -0.2) is 14.1 Å². The molecule has 5 aromatic rings. The van der Waals surface area contributed by atoms with E-state index >= 15 is 0 Å². The first-order valence-corrected chi connectivity index (χ1v) is 11.8. The first-order chi connectivity index (χ1) is 16.7. The number of para-hydroxylation sites is 3. The van der Waals surface area contributed by atoms with Gasteiger partial charge in [0.05, 0.1) is 0 Å². The van der Waals surface area contributed by atoms with Crippen LogP contribution in [0.4, 0.5) is 22.7 Å². The Morgan fingerprint density at radius 3 is 1.15 bits per heavy atom. The van der Waals surface area contributed by atoms with E-state index in [0.29, 0.717) is 0 Å². The number of hydrogen-bond donors (Lipinski definition) is 0. The largest absolute Gasteiger partial charge is 0.345 e. The molecule has 0 fully saturated rings. The summed E-state index contributed by atoms with van der Waals surface area (Å²) in [4.78, 5) is 4.37. The monoisotopic (exact) mass is 446 g/mol. The number of fused-ring (bicyclic) bond motifs is 1. The molecule has 0 saturated carbocycles. The molecule has 0 aromatic heterocycles. The Kier molecular flexibility index (Phi) is 9.30. The number of benzene rings is 5. The predicted octanol–water partition coefficient (Wildman–Crippen LogP) is 9.09. The van der Waals surface area contributed by atoms with E-state index in [0.717, 1.165) is 0 Å². The van der Waals surface area contributed by atoms with Gasteiger partial charge in [0.2, 0.25) is 0 Å². The van der Waals surface area contributed by atoms with Crippen molar-refractivity contribution >= 4 is 33.5 Å². The molecule has 0 N–H and O–H groups in total. The van der Waals surface area contributed by atoms with Crippen LogP contribution >= 0.6 is 0 Å². The fourth-order valence-corrected chi connectivity index (χ4v) is 3.64. The predicted molar refractivity (Wildman–Crippen MR) is 151 cm³/mol. The number of hydrogen-bond acceptors (Lipinski definition) is 2. The van der Waals surface area contributed by atoms with Crippen molar-refractivity contribution in [3.8, 4) is 0 Å². The van der Waals surface area contributed by atoms with Gasteiger partial charge in [-0.05, 0) is 59.3 Å². The van der Waals surface area contributed by atoms with Crippen molar-refractivity contribution in [3.05, 3.63) is 133 Å². The molecule has 0 heterocycles. The minimum absolute atomic E-state index is 1.20. The number of nitrogens with zero attached hydrogens (tertiary/aromatic N) is 2. The van der Waals surface area contributed by atoms with Crippen LogP contribution in [0.2, 0.25) is 0 Å². The van der Waals surface area contributed by atoms with Crippen molar-refractivity contribution < 1.29 is 0 Å². The molecule has 34 heavy (non-hydrogen) atoms. The second-order valence-electron chi connectivity index (χ2n) is 7.66. The summed E-state index contributed by atoms with van der Waals surface area (Å²) in [6.07, 6.45) is 0. The summed E-state index contributed by atoms with van der Waals surface area (Å²) in [5.41, 5.74) is 4.82. The fraction of sp³-hybridized carbons (Fsp3) is 0.125. The van der Waals surface area contributed by atoms with E-state index in [-0.39, 0.29) is 0 Å². The second-order valence-corrected chi connectivity index (χ2v) is 7.66. The van der Waals surface area contributed by atoms with Crippen LogP contribution in [0.25, 0.3) is 10.8 Å². The molecule has 0 amide bonds. The van der Waals surface area contributed by atoms with Crippen LogP contribution in [0.5, 0.6) is 0 Å². The molecule has 0 aliphatic carbocycles. The van der Waals surface area contributed by atoms with Gasteiger partial charge in [-0.2, -0.15) is 0 Å². The van der Waals surface area contributed by atoms with Gasteiger partial charge in [-0.3, -0.25) is 0 Å². The van der Waals surface area contributed by atoms with Crippen LogP contribution in [0.3, 0.4) is 0 Å². The third-order valence-corrected chi connectivity index (χ3v) is 5.55. The quantitative estimate of drug-likeness (QED) is 0.272. The summed E-state index contributed by atoms with van der Waals surface area (Å²) in [5, 5.41) is 2.56. The molecule has 0 bridgehead atoms. The summed E-state index contributed by atoms with van der Waals surface area (Å²) in [7, 11) is 4.17. The lowest BCUT2D eigenvalue weighted by Gasteiger charge is -2.19. The molecule has 0 unspecified atom stereocenters. The molecule has 0 radical (unpaired) electrons. The maximum Gasteiger partial charge on any atom is 0.0414 e. The van der Waals surface area contributed by atoms with Gasteiger partial charge in [-0.1, -0.05) is 98.8 Å². The average Bonchev–Trinajstić information content (AvgIpc) is 2.95. The molecular weight excluding hydrogens is 412 g/mol. The Labute approximate surface area is 204 Å². The smallest absolute Gasteiger partial charge is 0.0414 e. The molecule has 0 saturated heterocycles. The molecule has 0 spiro atoms. The molecular formula is C32H34N2. The van der Waals surface area contributed by atoms with Crippen LogP contribution in [0, 0.1) is 0 Å². The summed E-state index contributed by atoms with van der Waals surface area (Å²) in [5.74, 6) is 0. The standard InChI is InChI=1S/C17H15N.C13H13N.C2H6/c1-18(16-9-3-2-4-10-16)17-12-11-14-7-5-6-8-15(14)13-17;1-14(12-8-4-2-5-9-12)13-10-6-3-7-11-13;1-2/h2-13H,1H3;2-11H,1H3;1-2H3. The van der Waals surface area contributed by atoms with Gasteiger partial charge >= 0.3 is 0 Å². The lowest BCUT2D eigenvalue weighted by atomic mass is 10.1. The summed E-state index contributed by atoms with van der Waals surface area (Å²) in [6, 6.07) is 46.1. The van der Waals surface area contributed by atoms with Gasteiger partial charge in [0.15, 0.2) is 0 Å². The molecule has 2 heteroatoms. The Bertz CT molecular complexity index is 1200. The normalized spacial score (nSPS) is 9.76.